The molecular formula is C20H23N3O5S. The molecule has 9 heteroatoms. The van der Waals surface area contributed by atoms with Gasteiger partial charge in [0.25, 0.3) is 5.91 Å². The Morgan fingerprint density at radius 3 is 2.34 bits per heavy atom. The molecule has 29 heavy (non-hydrogen) atoms. The largest absolute Gasteiger partial charge is 0.451 e. The molecular weight excluding hydrogens is 394 g/mol. The second kappa shape index (κ2) is 9.51. The smallest absolute Gasteiger partial charge is 0.409 e. The van der Waals surface area contributed by atoms with Crippen LogP contribution in [0.4, 0.5) is 4.79 Å². The van der Waals surface area contributed by atoms with E-state index in [0.29, 0.717) is 43.4 Å². The van der Waals surface area contributed by atoms with Crippen molar-refractivity contribution in [2.24, 2.45) is 0 Å². The van der Waals surface area contributed by atoms with Crippen LogP contribution in [0.15, 0.2) is 30.3 Å². The van der Waals surface area contributed by atoms with E-state index in [1.54, 1.807) is 23.6 Å². The number of carbonyl (C=O) groups excluding carboxylic acids is 3. The first-order chi connectivity index (χ1) is 14.0. The molecule has 0 radical (unpaired) electrons. The number of carbonyl (C=O) groups is 3. The number of rotatable bonds is 5. The third-order valence-electron chi connectivity index (χ3n) is 4.49. The molecule has 0 unspecified atom stereocenters. The second-order valence-electron chi connectivity index (χ2n) is 6.44. The Balaban J connectivity index is 1.52. The van der Waals surface area contributed by atoms with E-state index < -0.39 is 5.97 Å². The minimum atomic E-state index is -0.555. The van der Waals surface area contributed by atoms with Gasteiger partial charge >= 0.3 is 12.1 Å². The van der Waals surface area contributed by atoms with Crippen LogP contribution in [-0.4, -0.2) is 72.1 Å². The number of piperazine rings is 1. The van der Waals surface area contributed by atoms with Crippen LogP contribution in [0, 0.1) is 6.92 Å². The minimum absolute atomic E-state index is 0.285. The van der Waals surface area contributed by atoms with E-state index in [-0.39, 0.29) is 18.6 Å². The van der Waals surface area contributed by atoms with Crippen LogP contribution in [0.3, 0.4) is 0 Å². The zero-order valence-electron chi connectivity index (χ0n) is 16.4. The van der Waals surface area contributed by atoms with Gasteiger partial charge in [0.05, 0.1) is 12.3 Å². The van der Waals surface area contributed by atoms with Gasteiger partial charge in [0, 0.05) is 31.7 Å². The number of hydrogen-bond acceptors (Lipinski definition) is 7. The lowest BCUT2D eigenvalue weighted by Crippen LogP contribution is -2.51. The van der Waals surface area contributed by atoms with Crippen LogP contribution in [0.25, 0.3) is 10.6 Å². The zero-order chi connectivity index (χ0) is 20.8. The maximum Gasteiger partial charge on any atom is 0.409 e. The molecule has 1 saturated heterocycles. The van der Waals surface area contributed by atoms with Crippen molar-refractivity contribution in [2.45, 2.75) is 13.8 Å². The van der Waals surface area contributed by atoms with Crippen LogP contribution in [0.5, 0.6) is 0 Å². The summed E-state index contributed by atoms with van der Waals surface area (Å²) in [4.78, 5) is 44.4. The van der Waals surface area contributed by atoms with Crippen molar-refractivity contribution in [2.75, 3.05) is 39.4 Å². The van der Waals surface area contributed by atoms with Gasteiger partial charge in [-0.05, 0) is 13.8 Å². The fourth-order valence-electron chi connectivity index (χ4n) is 2.93. The third kappa shape index (κ3) is 5.11. The molecule has 1 fully saturated rings. The number of ether oxygens (including phenoxy) is 2. The molecule has 2 aromatic rings. The number of esters is 1. The first-order valence-electron chi connectivity index (χ1n) is 9.39. The molecule has 0 bridgehead atoms. The summed E-state index contributed by atoms with van der Waals surface area (Å²) in [6.45, 7) is 5.03. The molecule has 0 saturated carbocycles. The van der Waals surface area contributed by atoms with Crippen LogP contribution in [0.1, 0.15) is 22.3 Å². The van der Waals surface area contributed by atoms with Gasteiger partial charge in [-0.15, -0.1) is 11.3 Å². The number of thiazole rings is 1. The van der Waals surface area contributed by atoms with Crippen molar-refractivity contribution in [1.82, 2.24) is 14.8 Å². The average molecular weight is 417 g/mol. The Morgan fingerprint density at radius 1 is 1.03 bits per heavy atom. The number of benzene rings is 1. The Kier molecular flexibility index (Phi) is 6.82. The van der Waals surface area contributed by atoms with Gasteiger partial charge < -0.3 is 19.3 Å². The minimum Gasteiger partial charge on any atom is -0.451 e. The van der Waals surface area contributed by atoms with Gasteiger partial charge in [-0.25, -0.2) is 14.6 Å². The van der Waals surface area contributed by atoms with E-state index in [1.165, 1.54) is 11.3 Å². The lowest BCUT2D eigenvalue weighted by Gasteiger charge is -2.33. The van der Waals surface area contributed by atoms with Gasteiger partial charge in [-0.1, -0.05) is 30.3 Å². The molecule has 2 amide bonds. The molecule has 1 aromatic heterocycles. The Bertz CT molecular complexity index is 875. The second-order valence-corrected chi connectivity index (χ2v) is 7.44. The van der Waals surface area contributed by atoms with Crippen molar-refractivity contribution in [1.29, 1.82) is 0 Å². The molecule has 1 aliphatic heterocycles. The van der Waals surface area contributed by atoms with E-state index in [0.717, 1.165) is 10.6 Å². The number of aromatic nitrogens is 1. The van der Waals surface area contributed by atoms with Gasteiger partial charge in [-0.3, -0.25) is 4.79 Å². The first kappa shape index (κ1) is 20.8. The molecule has 0 atom stereocenters. The van der Waals surface area contributed by atoms with Crippen LogP contribution in [0.2, 0.25) is 0 Å². The Hall–Kier alpha value is -2.94. The highest BCUT2D eigenvalue weighted by molar-refractivity contribution is 7.17. The van der Waals surface area contributed by atoms with E-state index in [1.807, 2.05) is 30.3 Å². The predicted molar refractivity (Wildman–Crippen MR) is 108 cm³/mol. The quantitative estimate of drug-likeness (QED) is 0.695. The lowest BCUT2D eigenvalue weighted by molar-refractivity contribution is -0.136. The third-order valence-corrected chi connectivity index (χ3v) is 5.67. The fraction of sp³-hybridized carbons (Fsp3) is 0.400. The molecule has 0 spiro atoms. The summed E-state index contributed by atoms with van der Waals surface area (Å²) in [7, 11) is 0. The van der Waals surface area contributed by atoms with Crippen LogP contribution >= 0.6 is 11.3 Å². The van der Waals surface area contributed by atoms with Crippen LogP contribution in [-0.2, 0) is 14.3 Å². The lowest BCUT2D eigenvalue weighted by atomic mass is 10.2. The van der Waals surface area contributed by atoms with E-state index in [9.17, 15) is 14.4 Å². The van der Waals surface area contributed by atoms with E-state index >= 15 is 0 Å². The summed E-state index contributed by atoms with van der Waals surface area (Å²) in [5.74, 6) is -0.840. The highest BCUT2D eigenvalue weighted by Gasteiger charge is 2.26. The standard InChI is InChI=1S/C20H23N3O5S/c1-3-27-20(26)23-11-9-22(10-12-23)16(24)13-28-19(25)17-14(2)21-18(29-17)15-7-5-4-6-8-15/h4-8H,3,9-13H2,1-2H3. The molecule has 1 aromatic carbocycles. The molecule has 154 valence electrons. The predicted octanol–water partition coefficient (Wildman–Crippen LogP) is 2.58. The maximum absolute atomic E-state index is 12.4. The topological polar surface area (TPSA) is 89.0 Å². The highest BCUT2D eigenvalue weighted by atomic mass is 32.1. The summed E-state index contributed by atoms with van der Waals surface area (Å²) >= 11 is 1.25. The van der Waals surface area contributed by atoms with E-state index in [4.69, 9.17) is 9.47 Å². The molecule has 3 rings (SSSR count). The monoisotopic (exact) mass is 417 g/mol. The summed E-state index contributed by atoms with van der Waals surface area (Å²) in [5, 5.41) is 0.733. The average Bonchev–Trinajstić information content (AvgIpc) is 3.14. The molecule has 0 N–H and O–H groups in total. The summed E-state index contributed by atoms with van der Waals surface area (Å²) < 4.78 is 10.2. The van der Waals surface area contributed by atoms with Gasteiger partial charge in [0.1, 0.15) is 9.88 Å². The van der Waals surface area contributed by atoms with Crippen molar-refractivity contribution >= 4 is 29.3 Å². The fourth-order valence-corrected chi connectivity index (χ4v) is 3.89. The molecule has 8 nitrogen and oxygen atoms in total. The van der Waals surface area contributed by atoms with Gasteiger partial charge in [0.2, 0.25) is 0 Å². The maximum atomic E-state index is 12.4. The van der Waals surface area contributed by atoms with Gasteiger partial charge in [-0.2, -0.15) is 0 Å². The van der Waals surface area contributed by atoms with Crippen molar-refractivity contribution in [3.8, 4) is 10.6 Å². The highest BCUT2D eigenvalue weighted by Crippen LogP contribution is 2.28. The molecule has 2 heterocycles. The number of hydrogen-bond donors (Lipinski definition) is 0. The van der Waals surface area contributed by atoms with Crippen molar-refractivity contribution in [3.63, 3.8) is 0 Å². The van der Waals surface area contributed by atoms with Gasteiger partial charge in [0.15, 0.2) is 6.61 Å². The summed E-state index contributed by atoms with van der Waals surface area (Å²) in [6.07, 6.45) is -0.374. The Labute approximate surface area is 173 Å². The first-order valence-corrected chi connectivity index (χ1v) is 10.2. The molecule has 1 aliphatic rings. The number of amides is 2. The molecule has 0 aliphatic carbocycles. The summed E-state index contributed by atoms with van der Waals surface area (Å²) in [6, 6.07) is 9.58. The Morgan fingerprint density at radius 2 is 1.69 bits per heavy atom. The van der Waals surface area contributed by atoms with E-state index in [2.05, 4.69) is 4.98 Å². The van der Waals surface area contributed by atoms with Crippen molar-refractivity contribution in [3.05, 3.63) is 40.9 Å². The van der Waals surface area contributed by atoms with Crippen molar-refractivity contribution < 1.29 is 23.9 Å². The zero-order valence-corrected chi connectivity index (χ0v) is 17.2. The SMILES string of the molecule is CCOC(=O)N1CCN(C(=O)COC(=O)c2sc(-c3ccccc3)nc2C)CC1. The normalized spacial score (nSPS) is 13.9. The number of nitrogens with zero attached hydrogens (tertiary/aromatic N) is 3. The summed E-state index contributed by atoms with van der Waals surface area (Å²) in [5.41, 5.74) is 1.50. The van der Waals surface area contributed by atoms with Crippen LogP contribution < -0.4 is 0 Å². The number of aryl methyl sites for hydroxylation is 1.